The minimum absolute atomic E-state index is 0.0371. The van der Waals surface area contributed by atoms with Gasteiger partial charge in [-0.25, -0.2) is 0 Å². The average molecular weight is 351 g/mol. The Hall–Kier alpha value is -1.97. The summed E-state index contributed by atoms with van der Waals surface area (Å²) in [6.45, 7) is 0. The quantitative estimate of drug-likeness (QED) is 0.792. The van der Waals surface area contributed by atoms with E-state index in [9.17, 15) is 9.90 Å². The van der Waals surface area contributed by atoms with Gasteiger partial charge >= 0.3 is 0 Å². The third-order valence-electron chi connectivity index (χ3n) is 3.58. The summed E-state index contributed by atoms with van der Waals surface area (Å²) < 4.78 is 112. The van der Waals surface area contributed by atoms with Gasteiger partial charge in [0.15, 0.2) is 5.78 Å². The van der Waals surface area contributed by atoms with Gasteiger partial charge in [0.1, 0.15) is 0 Å². The first-order valence-electron chi connectivity index (χ1n) is 14.1. The number of likely N-dealkylation sites (tertiary alicyclic amines) is 1. The minimum atomic E-state index is -4.00. The van der Waals surface area contributed by atoms with Crippen molar-refractivity contribution in [3.8, 4) is 0 Å². The van der Waals surface area contributed by atoms with E-state index in [0.29, 0.717) is 7.05 Å². The summed E-state index contributed by atoms with van der Waals surface area (Å²) in [6.07, 6.45) is -22.9. The van der Waals surface area contributed by atoms with Crippen molar-refractivity contribution in [1.82, 2.24) is 4.90 Å². The minimum Gasteiger partial charge on any atom is -0.388 e. The largest absolute Gasteiger partial charge is 0.388 e. The second-order valence-electron chi connectivity index (χ2n) is 5.29. The molecule has 132 valence electrons. The van der Waals surface area contributed by atoms with Crippen LogP contribution in [0, 0.1) is 0 Å². The summed E-state index contributed by atoms with van der Waals surface area (Å²) in [7, 11) is 0.611. The lowest BCUT2D eigenvalue weighted by atomic mass is 9.88. The van der Waals surface area contributed by atoms with Crippen LogP contribution in [0.4, 0.5) is 0 Å². The van der Waals surface area contributed by atoms with Crippen molar-refractivity contribution in [3.63, 3.8) is 0 Å². The molecule has 2 aromatic rings. The maximum absolute atomic E-state index is 13.3. The Morgan fingerprint density at radius 3 is 2.52 bits per heavy atom. The molecule has 3 heteroatoms. The van der Waals surface area contributed by atoms with Crippen LogP contribution in [0.2, 0.25) is 0 Å². The number of benzene rings is 2. The van der Waals surface area contributed by atoms with Crippen LogP contribution in [0.25, 0.3) is 0 Å². The molecule has 3 nitrogen and oxygen atoms in total. The summed E-state index contributed by atoms with van der Waals surface area (Å²) in [5.74, 6) is -1.49. The summed E-state index contributed by atoms with van der Waals surface area (Å²) in [6, 6.07) is 5.26. The molecule has 0 bridgehead atoms. The van der Waals surface area contributed by atoms with Crippen molar-refractivity contribution >= 4 is 5.78 Å². The second-order valence-corrected chi connectivity index (χ2v) is 5.29. The van der Waals surface area contributed by atoms with Gasteiger partial charge in [-0.1, -0.05) is 67.0 Å². The second kappa shape index (κ2) is 8.41. The Labute approximate surface area is 168 Å². The van der Waals surface area contributed by atoms with Gasteiger partial charge in [0, 0.05) is 40.4 Å². The number of piperidine rings is 1. The highest BCUT2D eigenvalue weighted by atomic mass is 16.3. The van der Waals surface area contributed by atoms with Crippen LogP contribution >= 0.6 is 0 Å². The van der Waals surface area contributed by atoms with Crippen LogP contribution in [0.5, 0.6) is 0 Å². The Morgan fingerprint density at radius 1 is 1.24 bits per heavy atom. The number of carbonyl (C=O) groups is 1. The number of hydrogen-bond acceptors (Lipinski definition) is 3. The van der Waals surface area contributed by atoms with Gasteiger partial charge in [-0.15, -0.1) is 0 Å². The maximum Gasteiger partial charge on any atom is 0.164 e. The van der Waals surface area contributed by atoms with Crippen LogP contribution in [-0.4, -0.2) is 34.9 Å². The highest BCUT2D eigenvalue weighted by molar-refractivity contribution is 5.96. The highest BCUT2D eigenvalue weighted by Gasteiger charge is 2.30. The fraction of sp³-hybridized carbons (Fsp3) is 0.409. The highest BCUT2D eigenvalue weighted by Crippen LogP contribution is 2.30. The van der Waals surface area contributed by atoms with Crippen LogP contribution in [0.1, 0.15) is 71.7 Å². The van der Waals surface area contributed by atoms with Gasteiger partial charge in [0.2, 0.25) is 0 Å². The third kappa shape index (κ3) is 4.56. The predicted molar refractivity (Wildman–Crippen MR) is 101 cm³/mol. The van der Waals surface area contributed by atoms with Crippen LogP contribution in [0.15, 0.2) is 60.7 Å². The lowest BCUT2D eigenvalue weighted by Gasteiger charge is -2.40. The molecule has 0 aromatic heterocycles. The fourth-order valence-electron chi connectivity index (χ4n) is 2.21. The molecule has 25 heavy (non-hydrogen) atoms. The number of aliphatic hydroxyl groups is 1. The predicted octanol–water partition coefficient (Wildman–Crippen LogP) is 4.24. The van der Waals surface area contributed by atoms with Crippen LogP contribution in [0.3, 0.4) is 0 Å². The smallest absolute Gasteiger partial charge is 0.164 e. The molecule has 2 aromatic carbocycles. The Kier molecular flexibility index (Phi) is 2.60. The summed E-state index contributed by atoms with van der Waals surface area (Å²) in [4.78, 5) is 13.3. The monoisotopic (exact) mass is 350 g/mol. The van der Waals surface area contributed by atoms with Crippen molar-refractivity contribution in [3.05, 3.63) is 71.8 Å². The standard InChI is InChI=1S/C22H27NO2/c1-23-19(15-21(24)17-9-4-2-5-10-17)13-8-14-20(23)16-22(25)18-11-6-3-7-12-18/h2-7,9-12,19-21,24H,8,13-16H2,1H3/t19-,20+,21?/m0/s1/i8D2,13D2,14D2,15D2,16D2,19D,20D,21D. The first-order valence-corrected chi connectivity index (χ1v) is 7.64. The van der Waals surface area contributed by atoms with E-state index < -0.39 is 61.3 Å². The van der Waals surface area contributed by atoms with E-state index in [4.69, 9.17) is 17.8 Å². The molecule has 1 aliphatic heterocycles. The molecule has 1 N–H and O–H groups in total. The molecule has 0 radical (unpaired) electrons. The molecule has 1 heterocycles. The summed E-state index contributed by atoms with van der Waals surface area (Å²) >= 11 is 0. The Balaban J connectivity index is 2.39. The van der Waals surface area contributed by atoms with Gasteiger partial charge in [-0.05, 0) is 31.7 Å². The number of rotatable bonds is 6. The van der Waals surface area contributed by atoms with Crippen molar-refractivity contribution < 1.29 is 27.7 Å². The van der Waals surface area contributed by atoms with E-state index in [-0.39, 0.29) is 10.5 Å². The van der Waals surface area contributed by atoms with Crippen molar-refractivity contribution in [1.29, 1.82) is 0 Å². The molecule has 1 unspecified atom stereocenters. The Morgan fingerprint density at radius 2 is 1.84 bits per heavy atom. The molecule has 0 saturated carbocycles. The zero-order valence-electron chi connectivity index (χ0n) is 26.6. The van der Waals surface area contributed by atoms with E-state index in [1.807, 2.05) is 0 Å². The number of ketones is 1. The van der Waals surface area contributed by atoms with Crippen LogP contribution in [-0.2, 0) is 0 Å². The molecular weight excluding hydrogens is 310 g/mol. The van der Waals surface area contributed by atoms with E-state index >= 15 is 0 Å². The van der Waals surface area contributed by atoms with Crippen molar-refractivity contribution in [2.45, 2.75) is 50.0 Å². The zero-order chi connectivity index (χ0) is 29.4. The first kappa shape index (κ1) is 7.73. The summed E-state index contributed by atoms with van der Waals surface area (Å²) in [5.41, 5.74) is -0.795. The molecule has 1 fully saturated rings. The SMILES string of the molecule is [2H]C(O)(c1ccccc1)C([2H])([2H])[C@@]1([2H])N(C)[C@@]([2H])(C([2H])([2H])C(=O)c2ccccc2)C([2H])([2H])C([2H])([2H])C1([2H])[2H]. The molecule has 0 aliphatic carbocycles. The zero-order valence-corrected chi connectivity index (χ0v) is 13.6. The molecule has 1 aliphatic rings. The summed E-state index contributed by atoms with van der Waals surface area (Å²) in [5, 5.41) is 11.1. The average Bonchev–Trinajstić information content (AvgIpc) is 2.86. The molecule has 0 amide bonds. The molecule has 0 spiro atoms. The lowest BCUT2D eigenvalue weighted by molar-refractivity contribution is 0.0549. The van der Waals surface area contributed by atoms with E-state index in [1.54, 1.807) is 0 Å². The van der Waals surface area contributed by atoms with Crippen molar-refractivity contribution in [2.24, 2.45) is 0 Å². The lowest BCUT2D eigenvalue weighted by Crippen LogP contribution is -2.45. The molecule has 1 saturated heterocycles. The van der Waals surface area contributed by atoms with Gasteiger partial charge < -0.3 is 5.11 Å². The Bertz CT molecular complexity index is 1210. The number of nitrogens with zero attached hydrogens (tertiary/aromatic N) is 1. The third-order valence-corrected chi connectivity index (χ3v) is 3.58. The number of carbonyl (C=O) groups excluding carboxylic acids is 1. The van der Waals surface area contributed by atoms with E-state index in [2.05, 4.69) is 0 Å². The van der Waals surface area contributed by atoms with Crippen LogP contribution < -0.4 is 0 Å². The van der Waals surface area contributed by atoms with Crippen molar-refractivity contribution in [2.75, 3.05) is 7.05 Å². The maximum atomic E-state index is 13.3. The van der Waals surface area contributed by atoms with E-state index in [1.165, 1.54) is 48.5 Å². The molecule has 3 atom stereocenters. The molecule has 3 rings (SSSR count). The van der Waals surface area contributed by atoms with Gasteiger partial charge in [0.25, 0.3) is 0 Å². The normalized spacial score (nSPS) is 44.5. The number of hydrogen-bond donors (Lipinski definition) is 1. The van der Waals surface area contributed by atoms with Gasteiger partial charge in [-0.3, -0.25) is 9.69 Å². The van der Waals surface area contributed by atoms with Gasteiger partial charge in [-0.2, -0.15) is 0 Å². The van der Waals surface area contributed by atoms with Gasteiger partial charge in [0.05, 0.1) is 7.45 Å². The van der Waals surface area contributed by atoms with E-state index in [0.717, 1.165) is 12.1 Å². The molecular formula is C22H27NO2. The topological polar surface area (TPSA) is 40.5 Å². The number of Topliss-reactive ketones (excluding diaryl/α,β-unsaturated/α-hetero) is 1. The fourth-order valence-corrected chi connectivity index (χ4v) is 2.21. The first-order chi connectivity index (χ1) is 17.0.